The number of aromatic nitrogens is 2. The fourth-order valence-corrected chi connectivity index (χ4v) is 3.49. The molecule has 1 unspecified atom stereocenters. The fraction of sp³-hybridized carbons (Fsp3) is 0.235. The van der Waals surface area contributed by atoms with Crippen LogP contribution in [-0.4, -0.2) is 20.8 Å². The van der Waals surface area contributed by atoms with E-state index in [4.69, 9.17) is 23.2 Å². The van der Waals surface area contributed by atoms with E-state index >= 15 is 0 Å². The number of benzene rings is 2. The van der Waals surface area contributed by atoms with Gasteiger partial charge in [0.05, 0.1) is 22.9 Å². The molecule has 2 aromatic carbocycles. The molecule has 0 fully saturated rings. The highest BCUT2D eigenvalue weighted by atomic mass is 35.5. The van der Waals surface area contributed by atoms with Gasteiger partial charge < -0.3 is 10.1 Å². The molecule has 0 saturated carbocycles. The first-order chi connectivity index (χ1) is 11.0. The minimum absolute atomic E-state index is 0.519. The second kappa shape index (κ2) is 7.14. The lowest BCUT2D eigenvalue weighted by Gasteiger charge is -2.11. The molecule has 0 spiro atoms. The Kier molecular flexibility index (Phi) is 5.17. The molecule has 1 aromatic heterocycles. The van der Waals surface area contributed by atoms with E-state index in [1.807, 2.05) is 43.3 Å². The lowest BCUT2D eigenvalue weighted by atomic mass is 10.1. The minimum Gasteiger partial charge on any atom is -0.388 e. The number of fused-ring (bicyclic) bond motifs is 1. The Balaban J connectivity index is 1.60. The smallest absolute Gasteiger partial charge is 0.117 e. The van der Waals surface area contributed by atoms with E-state index in [0.717, 1.165) is 33.0 Å². The molecule has 0 saturated heterocycles. The number of aliphatic hydroxyl groups excluding tert-OH is 1. The molecule has 0 radical (unpaired) electrons. The van der Waals surface area contributed by atoms with E-state index in [0.29, 0.717) is 16.5 Å². The van der Waals surface area contributed by atoms with E-state index < -0.39 is 6.10 Å². The second-order valence-electron chi connectivity index (χ2n) is 5.38. The van der Waals surface area contributed by atoms with Crippen molar-refractivity contribution >= 4 is 46.0 Å². The number of aromatic amines is 1. The van der Waals surface area contributed by atoms with Crippen LogP contribution >= 0.6 is 35.0 Å². The zero-order valence-corrected chi connectivity index (χ0v) is 14.8. The Labute approximate surface area is 149 Å². The summed E-state index contributed by atoms with van der Waals surface area (Å²) in [5.74, 6) is 2.18. The van der Waals surface area contributed by atoms with E-state index in [-0.39, 0.29) is 0 Å². The number of imidazole rings is 1. The van der Waals surface area contributed by atoms with Gasteiger partial charge in [0, 0.05) is 15.8 Å². The first-order valence-electron chi connectivity index (χ1n) is 7.19. The zero-order chi connectivity index (χ0) is 16.4. The quantitative estimate of drug-likeness (QED) is 0.656. The number of H-pyrrole nitrogens is 1. The number of thioether (sulfide) groups is 1. The second-order valence-corrected chi connectivity index (χ2v) is 7.26. The van der Waals surface area contributed by atoms with Crippen molar-refractivity contribution in [1.29, 1.82) is 0 Å². The Morgan fingerprint density at radius 3 is 2.83 bits per heavy atom. The average molecular weight is 367 g/mol. The number of aliphatic hydroxyl groups is 1. The number of hydrogen-bond acceptors (Lipinski definition) is 3. The van der Waals surface area contributed by atoms with Crippen LogP contribution < -0.4 is 0 Å². The number of halogens is 2. The summed E-state index contributed by atoms with van der Waals surface area (Å²) in [6.45, 7) is 1.94. The van der Waals surface area contributed by atoms with Gasteiger partial charge in [-0.15, -0.1) is 0 Å². The van der Waals surface area contributed by atoms with Gasteiger partial charge in [-0.25, -0.2) is 4.98 Å². The third-order valence-corrected chi connectivity index (χ3v) is 5.26. The van der Waals surface area contributed by atoms with Crippen LogP contribution in [0.2, 0.25) is 10.0 Å². The van der Waals surface area contributed by atoms with Gasteiger partial charge in [0.15, 0.2) is 0 Å². The molecule has 3 rings (SSSR count). The fourth-order valence-electron chi connectivity index (χ4n) is 2.34. The van der Waals surface area contributed by atoms with E-state index in [2.05, 4.69) is 9.97 Å². The Hall–Kier alpha value is -1.20. The van der Waals surface area contributed by atoms with Crippen molar-refractivity contribution in [2.24, 2.45) is 0 Å². The van der Waals surface area contributed by atoms with Gasteiger partial charge in [-0.2, -0.15) is 11.8 Å². The number of rotatable bonds is 5. The Morgan fingerprint density at radius 2 is 2.04 bits per heavy atom. The molecule has 3 nitrogen and oxygen atoms in total. The van der Waals surface area contributed by atoms with Crippen molar-refractivity contribution in [2.45, 2.75) is 18.8 Å². The van der Waals surface area contributed by atoms with Crippen LogP contribution in [0.25, 0.3) is 11.0 Å². The Morgan fingerprint density at radius 1 is 1.22 bits per heavy atom. The van der Waals surface area contributed by atoms with Gasteiger partial charge in [-0.3, -0.25) is 0 Å². The van der Waals surface area contributed by atoms with E-state index in [1.165, 1.54) is 0 Å². The van der Waals surface area contributed by atoms with E-state index in [9.17, 15) is 5.11 Å². The van der Waals surface area contributed by atoms with Crippen LogP contribution in [0.15, 0.2) is 36.4 Å². The average Bonchev–Trinajstić information content (AvgIpc) is 2.91. The summed E-state index contributed by atoms with van der Waals surface area (Å²) in [5.41, 5.74) is 3.69. The summed E-state index contributed by atoms with van der Waals surface area (Å²) in [6.07, 6.45) is -0.519. The molecule has 0 aliphatic carbocycles. The van der Waals surface area contributed by atoms with Crippen molar-refractivity contribution in [1.82, 2.24) is 9.97 Å². The number of hydrogen-bond donors (Lipinski definition) is 2. The first-order valence-corrected chi connectivity index (χ1v) is 9.10. The van der Waals surface area contributed by atoms with Crippen LogP contribution in [0, 0.1) is 6.92 Å². The summed E-state index contributed by atoms with van der Waals surface area (Å²) in [6, 6.07) is 11.2. The first kappa shape index (κ1) is 16.7. The summed E-state index contributed by atoms with van der Waals surface area (Å²) >= 11 is 13.6. The summed E-state index contributed by atoms with van der Waals surface area (Å²) < 4.78 is 0. The van der Waals surface area contributed by atoms with Gasteiger partial charge in [-0.1, -0.05) is 35.3 Å². The van der Waals surface area contributed by atoms with Gasteiger partial charge in [0.1, 0.15) is 5.82 Å². The lowest BCUT2D eigenvalue weighted by molar-refractivity contribution is 0.204. The molecule has 1 atom stereocenters. The normalized spacial score (nSPS) is 12.7. The molecule has 0 bridgehead atoms. The van der Waals surface area contributed by atoms with Crippen molar-refractivity contribution in [3.63, 3.8) is 0 Å². The zero-order valence-electron chi connectivity index (χ0n) is 12.5. The summed E-state index contributed by atoms with van der Waals surface area (Å²) in [5, 5.41) is 11.7. The third kappa shape index (κ3) is 4.01. The van der Waals surface area contributed by atoms with Gasteiger partial charge >= 0.3 is 0 Å². The molecule has 23 heavy (non-hydrogen) atoms. The monoisotopic (exact) mass is 366 g/mol. The maximum Gasteiger partial charge on any atom is 0.117 e. The highest BCUT2D eigenvalue weighted by molar-refractivity contribution is 7.98. The molecule has 3 aromatic rings. The SMILES string of the molecule is Cc1cc(C(O)CSCc2nc3ccc(Cl)cc3[nH]2)ccc1Cl. The molecule has 0 aliphatic rings. The Bertz CT molecular complexity index is 835. The largest absolute Gasteiger partial charge is 0.388 e. The molecule has 6 heteroatoms. The van der Waals surface area contributed by atoms with Crippen LogP contribution in [0.5, 0.6) is 0 Å². The molecule has 1 heterocycles. The third-order valence-electron chi connectivity index (χ3n) is 3.57. The number of nitrogens with zero attached hydrogens (tertiary/aromatic N) is 1. The van der Waals surface area contributed by atoms with E-state index in [1.54, 1.807) is 11.8 Å². The molecule has 120 valence electrons. The maximum atomic E-state index is 10.3. The standard InChI is InChI=1S/C17H16Cl2N2OS/c1-10-6-11(2-4-13(10)19)16(22)8-23-9-17-20-14-5-3-12(18)7-15(14)21-17/h2-7,16,22H,8-9H2,1H3,(H,20,21). The summed E-state index contributed by atoms with van der Waals surface area (Å²) in [7, 11) is 0. The summed E-state index contributed by atoms with van der Waals surface area (Å²) in [4.78, 5) is 7.77. The van der Waals surface area contributed by atoms with Crippen molar-refractivity contribution < 1.29 is 5.11 Å². The predicted octanol–water partition coefficient (Wildman–Crippen LogP) is 5.14. The van der Waals surface area contributed by atoms with Gasteiger partial charge in [0.2, 0.25) is 0 Å². The van der Waals surface area contributed by atoms with Crippen LogP contribution in [-0.2, 0) is 5.75 Å². The van der Waals surface area contributed by atoms with Gasteiger partial charge in [-0.05, 0) is 42.3 Å². The predicted molar refractivity (Wildman–Crippen MR) is 98.4 cm³/mol. The van der Waals surface area contributed by atoms with Crippen LogP contribution in [0.1, 0.15) is 23.1 Å². The number of nitrogens with one attached hydrogen (secondary N) is 1. The molecule has 0 aliphatic heterocycles. The molecular weight excluding hydrogens is 351 g/mol. The van der Waals surface area contributed by atoms with Crippen molar-refractivity contribution in [3.05, 3.63) is 63.4 Å². The van der Waals surface area contributed by atoms with Crippen LogP contribution in [0.3, 0.4) is 0 Å². The topological polar surface area (TPSA) is 48.9 Å². The minimum atomic E-state index is -0.519. The van der Waals surface area contributed by atoms with Crippen LogP contribution in [0.4, 0.5) is 0 Å². The van der Waals surface area contributed by atoms with Crippen molar-refractivity contribution in [3.8, 4) is 0 Å². The maximum absolute atomic E-state index is 10.3. The number of aryl methyl sites for hydroxylation is 1. The van der Waals surface area contributed by atoms with Gasteiger partial charge in [0.25, 0.3) is 0 Å². The highest BCUT2D eigenvalue weighted by Gasteiger charge is 2.10. The molecule has 2 N–H and O–H groups in total. The van der Waals surface area contributed by atoms with Crippen molar-refractivity contribution in [2.75, 3.05) is 5.75 Å². The highest BCUT2D eigenvalue weighted by Crippen LogP contribution is 2.25. The lowest BCUT2D eigenvalue weighted by Crippen LogP contribution is -2.01. The molecule has 0 amide bonds. The molecular formula is C17H16Cl2N2OS.